The van der Waals surface area contributed by atoms with E-state index in [4.69, 9.17) is 4.42 Å². The molecule has 12 heavy (non-hydrogen) atoms. The summed E-state index contributed by atoms with van der Waals surface area (Å²) >= 11 is 3.39. The summed E-state index contributed by atoms with van der Waals surface area (Å²) in [5.41, 5.74) is 1.24. The summed E-state index contributed by atoms with van der Waals surface area (Å²) < 4.78 is 6.23. The van der Waals surface area contributed by atoms with E-state index in [2.05, 4.69) is 28.2 Å². The molecule has 1 heterocycles. The first kappa shape index (κ1) is 9.55. The van der Waals surface area contributed by atoms with Gasteiger partial charge in [0.1, 0.15) is 5.76 Å². The molecule has 0 saturated heterocycles. The van der Waals surface area contributed by atoms with Gasteiger partial charge in [-0.3, -0.25) is 0 Å². The highest BCUT2D eigenvalue weighted by Gasteiger charge is 1.99. The summed E-state index contributed by atoms with van der Waals surface area (Å²) in [6, 6.07) is 1.89. The van der Waals surface area contributed by atoms with E-state index >= 15 is 0 Å². The maximum absolute atomic E-state index is 5.23. The second-order valence-electron chi connectivity index (χ2n) is 2.65. The van der Waals surface area contributed by atoms with Gasteiger partial charge in [-0.1, -0.05) is 5.57 Å². The van der Waals surface area contributed by atoms with E-state index in [0.717, 1.165) is 16.8 Å². The van der Waals surface area contributed by atoms with Gasteiger partial charge in [-0.15, -0.1) is 0 Å². The van der Waals surface area contributed by atoms with Gasteiger partial charge in [0.2, 0.25) is 0 Å². The topological polar surface area (TPSA) is 25.2 Å². The Hall–Kier alpha value is -0.540. The smallest absolute Gasteiger partial charge is 0.140 e. The quantitative estimate of drug-likeness (QED) is 0.863. The largest absolute Gasteiger partial charge is 0.464 e. The fourth-order valence-electron chi connectivity index (χ4n) is 0.962. The van der Waals surface area contributed by atoms with Gasteiger partial charge in [0.15, 0.2) is 0 Å². The summed E-state index contributed by atoms with van der Waals surface area (Å²) in [5, 5.41) is 3.07. The van der Waals surface area contributed by atoms with E-state index in [1.165, 1.54) is 5.57 Å². The highest BCUT2D eigenvalue weighted by atomic mass is 79.9. The number of furan rings is 1. The highest BCUT2D eigenvalue weighted by Crippen LogP contribution is 2.19. The Labute approximate surface area is 80.8 Å². The molecule has 1 aromatic heterocycles. The summed E-state index contributed by atoms with van der Waals surface area (Å²) in [6.45, 7) is 2.94. The first-order valence-corrected chi connectivity index (χ1v) is 4.58. The number of rotatable bonds is 3. The zero-order valence-electron chi connectivity index (χ0n) is 7.23. The average molecular weight is 230 g/mol. The molecule has 0 aromatic carbocycles. The van der Waals surface area contributed by atoms with Gasteiger partial charge in [0.05, 0.1) is 10.7 Å². The lowest BCUT2D eigenvalue weighted by molar-refractivity contribution is 0.555. The molecule has 2 nitrogen and oxygen atoms in total. The van der Waals surface area contributed by atoms with Crippen LogP contribution in [0.3, 0.4) is 0 Å². The van der Waals surface area contributed by atoms with Crippen LogP contribution in [-0.4, -0.2) is 13.6 Å². The van der Waals surface area contributed by atoms with Gasteiger partial charge >= 0.3 is 0 Å². The molecule has 0 fully saturated rings. The Kier molecular flexibility index (Phi) is 3.56. The van der Waals surface area contributed by atoms with Gasteiger partial charge in [-0.25, -0.2) is 0 Å². The molecule has 1 aromatic rings. The molecule has 0 bridgehead atoms. The molecule has 0 aliphatic heterocycles. The van der Waals surface area contributed by atoms with Crippen molar-refractivity contribution in [2.24, 2.45) is 0 Å². The Balaban J connectivity index is 2.73. The van der Waals surface area contributed by atoms with Crippen molar-refractivity contribution in [3.05, 3.63) is 28.1 Å². The van der Waals surface area contributed by atoms with Crippen molar-refractivity contribution in [2.45, 2.75) is 6.92 Å². The van der Waals surface area contributed by atoms with Crippen LogP contribution in [0, 0.1) is 0 Å². The molecule has 0 unspecified atom stereocenters. The van der Waals surface area contributed by atoms with Crippen LogP contribution in [0.4, 0.5) is 0 Å². The molecular formula is C9H12BrNO. The van der Waals surface area contributed by atoms with Crippen LogP contribution in [0.5, 0.6) is 0 Å². The lowest BCUT2D eigenvalue weighted by atomic mass is 10.2. The molecular weight excluding hydrogens is 218 g/mol. The van der Waals surface area contributed by atoms with Crippen molar-refractivity contribution >= 4 is 22.0 Å². The number of halogens is 1. The van der Waals surface area contributed by atoms with Crippen molar-refractivity contribution in [2.75, 3.05) is 13.6 Å². The average Bonchev–Trinajstić information content (AvgIpc) is 2.37. The molecule has 1 N–H and O–H groups in total. The highest BCUT2D eigenvalue weighted by molar-refractivity contribution is 9.10. The third-order valence-corrected chi connectivity index (χ3v) is 2.13. The molecule has 0 amide bonds. The molecule has 1 rings (SSSR count). The third kappa shape index (κ3) is 2.50. The van der Waals surface area contributed by atoms with E-state index in [1.54, 1.807) is 6.26 Å². The van der Waals surface area contributed by atoms with E-state index < -0.39 is 0 Å². The van der Waals surface area contributed by atoms with Crippen LogP contribution in [-0.2, 0) is 0 Å². The molecule has 0 atom stereocenters. The van der Waals surface area contributed by atoms with Crippen molar-refractivity contribution in [3.63, 3.8) is 0 Å². The van der Waals surface area contributed by atoms with E-state index in [1.807, 2.05) is 19.2 Å². The molecule has 0 saturated carbocycles. The number of nitrogens with one attached hydrogen (secondary N) is 1. The Morgan fingerprint density at radius 1 is 1.75 bits per heavy atom. The van der Waals surface area contributed by atoms with Crippen LogP contribution in [0.2, 0.25) is 0 Å². The van der Waals surface area contributed by atoms with Crippen molar-refractivity contribution < 1.29 is 4.42 Å². The van der Waals surface area contributed by atoms with Crippen LogP contribution in [0.1, 0.15) is 12.7 Å². The maximum atomic E-state index is 5.23. The number of hydrogen-bond donors (Lipinski definition) is 1. The molecule has 0 radical (unpaired) electrons. The lowest BCUT2D eigenvalue weighted by Crippen LogP contribution is -2.08. The van der Waals surface area contributed by atoms with Crippen LogP contribution < -0.4 is 5.32 Å². The van der Waals surface area contributed by atoms with Crippen LogP contribution in [0.15, 0.2) is 26.8 Å². The monoisotopic (exact) mass is 229 g/mol. The second-order valence-corrected chi connectivity index (χ2v) is 3.51. The molecule has 66 valence electrons. The van der Waals surface area contributed by atoms with Gasteiger partial charge in [0.25, 0.3) is 0 Å². The molecule has 0 aliphatic rings. The normalized spacial score (nSPS) is 12.1. The predicted octanol–water partition coefficient (Wildman–Crippen LogP) is 2.66. The Bertz CT molecular complexity index is 278. The zero-order chi connectivity index (χ0) is 8.97. The van der Waals surface area contributed by atoms with Gasteiger partial charge in [-0.05, 0) is 42.0 Å². The minimum absolute atomic E-state index is 0.878. The van der Waals surface area contributed by atoms with Crippen molar-refractivity contribution in [1.82, 2.24) is 5.32 Å². The van der Waals surface area contributed by atoms with Crippen molar-refractivity contribution in [3.8, 4) is 0 Å². The third-order valence-electron chi connectivity index (χ3n) is 1.48. The molecule has 0 spiro atoms. The lowest BCUT2D eigenvalue weighted by Gasteiger charge is -1.97. The summed E-state index contributed by atoms with van der Waals surface area (Å²) in [5.74, 6) is 0.878. The summed E-state index contributed by atoms with van der Waals surface area (Å²) in [6.07, 6.45) is 3.68. The van der Waals surface area contributed by atoms with E-state index in [9.17, 15) is 0 Å². The number of likely N-dealkylation sites (N-methyl/N-ethyl adjacent to an activating group) is 1. The SMILES string of the molecule is CNC/C(C)=C/c1occc1Br. The minimum Gasteiger partial charge on any atom is -0.464 e. The first-order chi connectivity index (χ1) is 5.74. The number of hydrogen-bond acceptors (Lipinski definition) is 2. The van der Waals surface area contributed by atoms with Crippen LogP contribution >= 0.6 is 15.9 Å². The van der Waals surface area contributed by atoms with Crippen molar-refractivity contribution in [1.29, 1.82) is 0 Å². The Morgan fingerprint density at radius 3 is 3.00 bits per heavy atom. The standard InChI is InChI=1S/C9H12BrNO/c1-7(6-11-2)5-9-8(10)3-4-12-9/h3-5,11H,6H2,1-2H3/b7-5+. The first-order valence-electron chi connectivity index (χ1n) is 3.79. The molecule has 0 aliphatic carbocycles. The fraction of sp³-hybridized carbons (Fsp3) is 0.333. The minimum atomic E-state index is 0.878. The summed E-state index contributed by atoms with van der Waals surface area (Å²) in [7, 11) is 1.93. The van der Waals surface area contributed by atoms with Crippen LogP contribution in [0.25, 0.3) is 6.08 Å². The van der Waals surface area contributed by atoms with Gasteiger partial charge in [-0.2, -0.15) is 0 Å². The van der Waals surface area contributed by atoms with Gasteiger partial charge in [0, 0.05) is 6.54 Å². The van der Waals surface area contributed by atoms with E-state index in [0.29, 0.717) is 0 Å². The zero-order valence-corrected chi connectivity index (χ0v) is 8.81. The Morgan fingerprint density at radius 2 is 2.50 bits per heavy atom. The summed E-state index contributed by atoms with van der Waals surface area (Å²) in [4.78, 5) is 0. The predicted molar refractivity (Wildman–Crippen MR) is 54.0 cm³/mol. The van der Waals surface area contributed by atoms with E-state index in [-0.39, 0.29) is 0 Å². The second kappa shape index (κ2) is 4.48. The van der Waals surface area contributed by atoms with Gasteiger partial charge < -0.3 is 9.73 Å². The fourth-order valence-corrected chi connectivity index (χ4v) is 1.28. The molecule has 3 heteroatoms. The maximum Gasteiger partial charge on any atom is 0.140 e.